The molecule has 2 heterocycles. The maximum absolute atomic E-state index is 12.6. The third kappa shape index (κ3) is 2.74. The third-order valence-electron chi connectivity index (χ3n) is 3.84. The van der Waals surface area contributed by atoms with Crippen molar-refractivity contribution in [3.63, 3.8) is 0 Å². The number of aromatic nitrogens is 1. The second-order valence-electron chi connectivity index (χ2n) is 5.24. The predicted molar refractivity (Wildman–Crippen MR) is 85.9 cm³/mol. The molecule has 0 bridgehead atoms. The Morgan fingerprint density at radius 1 is 1.18 bits per heavy atom. The Balaban J connectivity index is 1.81. The van der Waals surface area contributed by atoms with Crippen molar-refractivity contribution in [3.05, 3.63) is 53.3 Å². The molecule has 22 heavy (non-hydrogen) atoms. The standard InChI is InChI=1S/C16H17N3O2S/c1-22-14-4-2-3-11(8-14)16(21)19-6-5-18-9-12(15(17)20)7-13(18)10-19/h2-4,7-9H,5-6,10H2,1H3,(H2,17,20). The highest BCUT2D eigenvalue weighted by atomic mass is 32.2. The number of fused-ring (bicyclic) bond motifs is 1. The van der Waals surface area contributed by atoms with Gasteiger partial charge < -0.3 is 15.2 Å². The van der Waals surface area contributed by atoms with Gasteiger partial charge in [0.25, 0.3) is 5.91 Å². The molecule has 2 N–H and O–H groups in total. The monoisotopic (exact) mass is 315 g/mol. The summed E-state index contributed by atoms with van der Waals surface area (Å²) in [5.74, 6) is -0.420. The first-order valence-electron chi connectivity index (χ1n) is 7.00. The Bertz CT molecular complexity index is 739. The largest absolute Gasteiger partial charge is 0.366 e. The fourth-order valence-corrected chi connectivity index (χ4v) is 3.10. The Labute approximate surface area is 133 Å². The van der Waals surface area contributed by atoms with Crippen LogP contribution in [0.5, 0.6) is 0 Å². The number of nitrogens with two attached hydrogens (primary N) is 1. The molecular weight excluding hydrogens is 298 g/mol. The van der Waals surface area contributed by atoms with Crippen molar-refractivity contribution in [1.29, 1.82) is 0 Å². The second kappa shape index (κ2) is 5.88. The van der Waals surface area contributed by atoms with Crippen LogP contribution in [0.3, 0.4) is 0 Å². The molecule has 5 nitrogen and oxygen atoms in total. The summed E-state index contributed by atoms with van der Waals surface area (Å²) >= 11 is 1.62. The Hall–Kier alpha value is -2.21. The Kier molecular flexibility index (Phi) is 3.94. The van der Waals surface area contributed by atoms with Crippen molar-refractivity contribution < 1.29 is 9.59 Å². The highest BCUT2D eigenvalue weighted by Gasteiger charge is 2.23. The molecule has 114 valence electrons. The highest BCUT2D eigenvalue weighted by molar-refractivity contribution is 7.98. The summed E-state index contributed by atoms with van der Waals surface area (Å²) in [4.78, 5) is 26.8. The zero-order valence-corrected chi connectivity index (χ0v) is 13.1. The maximum Gasteiger partial charge on any atom is 0.254 e. The van der Waals surface area contributed by atoms with E-state index in [1.54, 1.807) is 28.9 Å². The second-order valence-corrected chi connectivity index (χ2v) is 6.12. The number of rotatable bonds is 3. The number of benzene rings is 1. The molecule has 2 aromatic rings. The molecule has 0 saturated heterocycles. The summed E-state index contributed by atoms with van der Waals surface area (Å²) in [6, 6.07) is 9.40. The van der Waals surface area contributed by atoms with E-state index in [0.29, 0.717) is 30.8 Å². The SMILES string of the molecule is CSc1cccc(C(=O)N2CCn3cc(C(N)=O)cc3C2)c1. The average molecular weight is 315 g/mol. The van der Waals surface area contributed by atoms with E-state index in [2.05, 4.69) is 0 Å². The molecule has 1 aromatic carbocycles. The number of carbonyl (C=O) groups is 2. The van der Waals surface area contributed by atoms with Gasteiger partial charge in [0.05, 0.1) is 12.1 Å². The van der Waals surface area contributed by atoms with Gasteiger partial charge in [0.2, 0.25) is 5.91 Å². The van der Waals surface area contributed by atoms with Crippen molar-refractivity contribution in [1.82, 2.24) is 9.47 Å². The first-order valence-corrected chi connectivity index (χ1v) is 8.23. The van der Waals surface area contributed by atoms with Gasteiger partial charge in [-0.25, -0.2) is 0 Å². The number of thioether (sulfide) groups is 1. The van der Waals surface area contributed by atoms with E-state index in [1.807, 2.05) is 35.1 Å². The van der Waals surface area contributed by atoms with Crippen molar-refractivity contribution in [2.75, 3.05) is 12.8 Å². The van der Waals surface area contributed by atoms with Gasteiger partial charge in [0.1, 0.15) is 0 Å². The smallest absolute Gasteiger partial charge is 0.254 e. The number of amides is 2. The lowest BCUT2D eigenvalue weighted by molar-refractivity contribution is 0.0710. The van der Waals surface area contributed by atoms with Gasteiger partial charge in [-0.2, -0.15) is 0 Å². The molecule has 1 aliphatic heterocycles. The minimum Gasteiger partial charge on any atom is -0.366 e. The number of nitrogens with zero attached hydrogens (tertiary/aromatic N) is 2. The van der Waals surface area contributed by atoms with E-state index in [4.69, 9.17) is 5.73 Å². The van der Waals surface area contributed by atoms with E-state index < -0.39 is 5.91 Å². The summed E-state index contributed by atoms with van der Waals surface area (Å²) < 4.78 is 1.99. The van der Waals surface area contributed by atoms with Crippen LogP contribution in [0.4, 0.5) is 0 Å². The summed E-state index contributed by atoms with van der Waals surface area (Å²) in [6.07, 6.45) is 3.75. The molecule has 0 fully saturated rings. The van der Waals surface area contributed by atoms with Crippen molar-refractivity contribution >= 4 is 23.6 Å². The molecule has 0 spiro atoms. The maximum atomic E-state index is 12.6. The zero-order valence-electron chi connectivity index (χ0n) is 12.3. The molecule has 0 unspecified atom stereocenters. The zero-order chi connectivity index (χ0) is 15.7. The van der Waals surface area contributed by atoms with Crippen LogP contribution in [0.25, 0.3) is 0 Å². The Morgan fingerprint density at radius 3 is 2.73 bits per heavy atom. The van der Waals surface area contributed by atoms with Crippen molar-refractivity contribution in [2.24, 2.45) is 5.73 Å². The van der Waals surface area contributed by atoms with Crippen LogP contribution < -0.4 is 5.73 Å². The van der Waals surface area contributed by atoms with E-state index in [9.17, 15) is 9.59 Å². The van der Waals surface area contributed by atoms with Crippen molar-refractivity contribution in [2.45, 2.75) is 18.0 Å². The molecule has 0 aliphatic carbocycles. The normalized spacial score (nSPS) is 13.8. The van der Waals surface area contributed by atoms with E-state index in [1.165, 1.54) is 0 Å². The fourth-order valence-electron chi connectivity index (χ4n) is 2.64. The number of hydrogen-bond donors (Lipinski definition) is 1. The number of carbonyl (C=O) groups excluding carboxylic acids is 2. The predicted octanol–water partition coefficient (Wildman–Crippen LogP) is 1.96. The van der Waals surface area contributed by atoms with Crippen LogP contribution >= 0.6 is 11.8 Å². The van der Waals surface area contributed by atoms with E-state index in [-0.39, 0.29) is 5.91 Å². The Morgan fingerprint density at radius 2 is 2.00 bits per heavy atom. The first kappa shape index (κ1) is 14.7. The number of hydrogen-bond acceptors (Lipinski definition) is 3. The summed E-state index contributed by atoms with van der Waals surface area (Å²) in [7, 11) is 0. The number of primary amides is 1. The van der Waals surface area contributed by atoms with Crippen LogP contribution in [0.1, 0.15) is 26.4 Å². The van der Waals surface area contributed by atoms with Gasteiger partial charge in [-0.3, -0.25) is 9.59 Å². The van der Waals surface area contributed by atoms with Crippen LogP contribution in [-0.2, 0) is 13.1 Å². The molecular formula is C16H17N3O2S. The van der Waals surface area contributed by atoms with Gasteiger partial charge in [-0.15, -0.1) is 11.8 Å². The lowest BCUT2D eigenvalue weighted by Crippen LogP contribution is -2.37. The topological polar surface area (TPSA) is 68.3 Å². The van der Waals surface area contributed by atoms with E-state index >= 15 is 0 Å². The lowest BCUT2D eigenvalue weighted by atomic mass is 10.1. The molecule has 1 aliphatic rings. The van der Waals surface area contributed by atoms with Gasteiger partial charge in [0.15, 0.2) is 0 Å². The first-order chi connectivity index (χ1) is 10.6. The molecule has 0 atom stereocenters. The van der Waals surface area contributed by atoms with Crippen LogP contribution in [0, 0.1) is 0 Å². The van der Waals surface area contributed by atoms with Crippen molar-refractivity contribution in [3.8, 4) is 0 Å². The molecule has 0 saturated carbocycles. The summed E-state index contributed by atoms with van der Waals surface area (Å²) in [6.45, 7) is 1.80. The molecule has 2 amide bonds. The lowest BCUT2D eigenvalue weighted by Gasteiger charge is -2.28. The molecule has 6 heteroatoms. The third-order valence-corrected chi connectivity index (χ3v) is 4.56. The summed E-state index contributed by atoms with van der Waals surface area (Å²) in [5, 5.41) is 0. The molecule has 0 radical (unpaired) electrons. The van der Waals surface area contributed by atoms with Gasteiger partial charge in [0, 0.05) is 35.4 Å². The fraction of sp³-hybridized carbons (Fsp3) is 0.250. The molecule has 3 rings (SSSR count). The van der Waals surface area contributed by atoms with Gasteiger partial charge in [-0.05, 0) is 30.5 Å². The van der Waals surface area contributed by atoms with Crippen LogP contribution in [0.15, 0.2) is 41.4 Å². The van der Waals surface area contributed by atoms with E-state index in [0.717, 1.165) is 10.6 Å². The van der Waals surface area contributed by atoms with Crippen LogP contribution in [0.2, 0.25) is 0 Å². The highest BCUT2D eigenvalue weighted by Crippen LogP contribution is 2.21. The summed E-state index contributed by atoms with van der Waals surface area (Å²) in [5.41, 5.74) is 7.44. The quantitative estimate of drug-likeness (QED) is 0.881. The average Bonchev–Trinajstić information content (AvgIpc) is 2.97. The van der Waals surface area contributed by atoms with Crippen LogP contribution in [-0.4, -0.2) is 34.1 Å². The minimum atomic E-state index is -0.438. The van der Waals surface area contributed by atoms with Gasteiger partial charge in [-0.1, -0.05) is 6.07 Å². The molecule has 1 aromatic heterocycles. The van der Waals surface area contributed by atoms with Gasteiger partial charge >= 0.3 is 0 Å². The minimum absolute atomic E-state index is 0.0176.